The lowest BCUT2D eigenvalue weighted by molar-refractivity contribution is -0.113. The molecule has 5 heteroatoms. The van der Waals surface area contributed by atoms with Crippen molar-refractivity contribution in [3.05, 3.63) is 76.5 Å². The molecule has 1 aliphatic heterocycles. The fourth-order valence-electron chi connectivity index (χ4n) is 3.38. The second-order valence-electron chi connectivity index (χ2n) is 6.69. The highest BCUT2D eigenvalue weighted by Crippen LogP contribution is 2.44. The number of aryl methyl sites for hydroxylation is 3. The number of benzene rings is 2. The largest absolute Gasteiger partial charge is 0.310 e. The molecule has 0 aliphatic carbocycles. The maximum atomic E-state index is 12.4. The lowest BCUT2D eigenvalue weighted by Crippen LogP contribution is -2.15. The maximum Gasteiger partial charge on any atom is 0.235 e. The third kappa shape index (κ3) is 2.92. The van der Waals surface area contributed by atoms with Crippen LogP contribution >= 0.6 is 11.8 Å². The van der Waals surface area contributed by atoms with Crippen molar-refractivity contribution < 1.29 is 4.79 Å². The van der Waals surface area contributed by atoms with Crippen LogP contribution in [-0.2, 0) is 4.79 Å². The first-order chi connectivity index (χ1) is 12.5. The van der Waals surface area contributed by atoms with Gasteiger partial charge < -0.3 is 5.32 Å². The third-order valence-corrected chi connectivity index (χ3v) is 6.01. The SMILES string of the molecule is Cc1ccc(-n2nc(C)c3c2NC(=O)CSC3c2ccccc2C)cc1. The lowest BCUT2D eigenvalue weighted by atomic mass is 10.00. The highest BCUT2D eigenvalue weighted by Gasteiger charge is 2.31. The Bertz CT molecular complexity index is 975. The van der Waals surface area contributed by atoms with Gasteiger partial charge >= 0.3 is 0 Å². The Labute approximate surface area is 157 Å². The van der Waals surface area contributed by atoms with Crippen LogP contribution in [0.4, 0.5) is 5.82 Å². The van der Waals surface area contributed by atoms with Gasteiger partial charge in [0.05, 0.1) is 22.4 Å². The van der Waals surface area contributed by atoms with Crippen LogP contribution in [-0.4, -0.2) is 21.4 Å². The van der Waals surface area contributed by atoms with Crippen LogP contribution in [0.3, 0.4) is 0 Å². The summed E-state index contributed by atoms with van der Waals surface area (Å²) in [5.41, 5.74) is 6.66. The van der Waals surface area contributed by atoms with Gasteiger partial charge in [-0.25, -0.2) is 4.68 Å². The molecule has 0 saturated carbocycles. The molecule has 0 radical (unpaired) electrons. The number of rotatable bonds is 2. The molecule has 0 fully saturated rings. The maximum absolute atomic E-state index is 12.4. The molecule has 1 aliphatic rings. The lowest BCUT2D eigenvalue weighted by Gasteiger charge is -2.17. The zero-order valence-electron chi connectivity index (χ0n) is 15.1. The molecule has 2 aromatic carbocycles. The molecular weight excluding hydrogens is 342 g/mol. The van der Waals surface area contributed by atoms with Gasteiger partial charge in [-0.05, 0) is 44.0 Å². The van der Waals surface area contributed by atoms with Crippen molar-refractivity contribution in [2.24, 2.45) is 0 Å². The fraction of sp³-hybridized carbons (Fsp3) is 0.238. The molecule has 2 heterocycles. The molecule has 0 spiro atoms. The van der Waals surface area contributed by atoms with Crippen molar-refractivity contribution in [1.82, 2.24) is 9.78 Å². The van der Waals surface area contributed by atoms with Gasteiger partial charge in [-0.2, -0.15) is 5.10 Å². The molecule has 0 saturated heterocycles. The Kier molecular flexibility index (Phi) is 4.32. The monoisotopic (exact) mass is 363 g/mol. The second kappa shape index (κ2) is 6.65. The highest BCUT2D eigenvalue weighted by molar-refractivity contribution is 8.00. The van der Waals surface area contributed by atoms with Crippen molar-refractivity contribution in [2.75, 3.05) is 11.1 Å². The Morgan fingerprint density at radius 2 is 1.81 bits per heavy atom. The molecule has 1 unspecified atom stereocenters. The predicted octanol–water partition coefficient (Wildman–Crippen LogP) is 4.57. The molecule has 132 valence electrons. The van der Waals surface area contributed by atoms with Gasteiger partial charge in [0, 0.05) is 5.56 Å². The van der Waals surface area contributed by atoms with E-state index in [9.17, 15) is 4.79 Å². The summed E-state index contributed by atoms with van der Waals surface area (Å²) in [6.45, 7) is 6.20. The summed E-state index contributed by atoms with van der Waals surface area (Å²) in [6, 6.07) is 16.6. The number of nitrogens with zero attached hydrogens (tertiary/aromatic N) is 2. The van der Waals surface area contributed by atoms with Crippen molar-refractivity contribution >= 4 is 23.5 Å². The Balaban J connectivity index is 1.91. The van der Waals surface area contributed by atoms with Gasteiger partial charge in [-0.15, -0.1) is 11.8 Å². The molecule has 3 aromatic rings. The Hall–Kier alpha value is -2.53. The van der Waals surface area contributed by atoms with Crippen molar-refractivity contribution in [2.45, 2.75) is 26.0 Å². The van der Waals surface area contributed by atoms with Crippen molar-refractivity contribution in [3.63, 3.8) is 0 Å². The van der Waals surface area contributed by atoms with E-state index in [4.69, 9.17) is 5.10 Å². The Morgan fingerprint density at radius 3 is 2.54 bits per heavy atom. The number of fused-ring (bicyclic) bond motifs is 1. The number of amides is 1. The zero-order chi connectivity index (χ0) is 18.3. The molecular formula is C21H21N3OS. The van der Waals surface area contributed by atoms with E-state index in [0.717, 1.165) is 22.8 Å². The fourth-order valence-corrected chi connectivity index (χ4v) is 4.67. The summed E-state index contributed by atoms with van der Waals surface area (Å²) in [4.78, 5) is 12.4. The first kappa shape index (κ1) is 16.9. The smallest absolute Gasteiger partial charge is 0.235 e. The van der Waals surface area contributed by atoms with E-state index in [1.807, 2.05) is 29.8 Å². The van der Waals surface area contributed by atoms with Crippen LogP contribution in [0.25, 0.3) is 5.69 Å². The van der Waals surface area contributed by atoms with Crippen LogP contribution in [0, 0.1) is 20.8 Å². The summed E-state index contributed by atoms with van der Waals surface area (Å²) >= 11 is 1.66. The van der Waals surface area contributed by atoms with E-state index in [2.05, 4.69) is 49.5 Å². The summed E-state index contributed by atoms with van der Waals surface area (Å²) < 4.78 is 1.86. The van der Waals surface area contributed by atoms with E-state index >= 15 is 0 Å². The minimum absolute atomic E-state index is 0.0144. The summed E-state index contributed by atoms with van der Waals surface area (Å²) in [5.74, 6) is 1.23. The third-order valence-electron chi connectivity index (χ3n) is 4.76. The quantitative estimate of drug-likeness (QED) is 0.725. The van der Waals surface area contributed by atoms with Crippen LogP contribution in [0.5, 0.6) is 0 Å². The van der Waals surface area contributed by atoms with Crippen LogP contribution in [0.1, 0.15) is 33.2 Å². The predicted molar refractivity (Wildman–Crippen MR) is 107 cm³/mol. The number of carbonyl (C=O) groups excluding carboxylic acids is 1. The summed E-state index contributed by atoms with van der Waals surface area (Å²) in [7, 11) is 0. The van der Waals surface area contributed by atoms with E-state index in [1.165, 1.54) is 16.7 Å². The minimum Gasteiger partial charge on any atom is -0.310 e. The van der Waals surface area contributed by atoms with E-state index < -0.39 is 0 Å². The number of nitrogens with one attached hydrogen (secondary N) is 1. The number of aromatic nitrogens is 2. The molecule has 1 atom stereocenters. The van der Waals surface area contributed by atoms with Crippen LogP contribution < -0.4 is 5.32 Å². The first-order valence-electron chi connectivity index (χ1n) is 8.68. The average molecular weight is 363 g/mol. The second-order valence-corrected chi connectivity index (χ2v) is 7.78. The molecule has 1 amide bonds. The van der Waals surface area contributed by atoms with Gasteiger partial charge in [-0.1, -0.05) is 42.0 Å². The normalized spacial score (nSPS) is 16.7. The van der Waals surface area contributed by atoms with Gasteiger partial charge in [0.15, 0.2) is 0 Å². The molecule has 0 bridgehead atoms. The molecule has 1 aromatic heterocycles. The number of hydrogen-bond donors (Lipinski definition) is 1. The average Bonchev–Trinajstić information content (AvgIpc) is 2.83. The van der Waals surface area contributed by atoms with Gasteiger partial charge in [0.25, 0.3) is 0 Å². The number of thioether (sulfide) groups is 1. The van der Waals surface area contributed by atoms with Crippen LogP contribution in [0.15, 0.2) is 48.5 Å². The van der Waals surface area contributed by atoms with Crippen LogP contribution in [0.2, 0.25) is 0 Å². The minimum atomic E-state index is 0.0144. The molecule has 4 rings (SSSR count). The van der Waals surface area contributed by atoms with E-state index in [-0.39, 0.29) is 11.2 Å². The van der Waals surface area contributed by atoms with E-state index in [1.54, 1.807) is 11.8 Å². The topological polar surface area (TPSA) is 46.9 Å². The number of anilines is 1. The standard InChI is InChI=1S/C21H21N3OS/c1-13-8-10-16(11-9-13)24-21-19(15(3)23-24)20(26-12-18(25)22-21)17-7-5-4-6-14(17)2/h4-11,20H,12H2,1-3H3,(H,22,25). The zero-order valence-corrected chi connectivity index (χ0v) is 15.9. The Morgan fingerprint density at radius 1 is 1.08 bits per heavy atom. The van der Waals surface area contributed by atoms with Gasteiger partial charge in [0.1, 0.15) is 5.82 Å². The first-order valence-corrected chi connectivity index (χ1v) is 9.73. The number of carbonyl (C=O) groups is 1. The van der Waals surface area contributed by atoms with Crippen molar-refractivity contribution in [3.8, 4) is 5.69 Å². The molecule has 1 N–H and O–H groups in total. The van der Waals surface area contributed by atoms with Gasteiger partial charge in [-0.3, -0.25) is 4.79 Å². The summed E-state index contributed by atoms with van der Waals surface area (Å²) in [5, 5.41) is 7.93. The molecule has 26 heavy (non-hydrogen) atoms. The van der Waals surface area contributed by atoms with Crippen molar-refractivity contribution in [1.29, 1.82) is 0 Å². The molecule has 4 nitrogen and oxygen atoms in total. The van der Waals surface area contributed by atoms with E-state index in [0.29, 0.717) is 5.75 Å². The summed E-state index contributed by atoms with van der Waals surface area (Å²) in [6.07, 6.45) is 0. The highest BCUT2D eigenvalue weighted by atomic mass is 32.2. The number of hydrogen-bond acceptors (Lipinski definition) is 3. The van der Waals surface area contributed by atoms with Gasteiger partial charge in [0.2, 0.25) is 5.91 Å².